The highest BCUT2D eigenvalue weighted by atomic mass is 16.5. The highest BCUT2D eigenvalue weighted by Crippen LogP contribution is 2.24. The fourth-order valence-electron chi connectivity index (χ4n) is 2.78. The Bertz CT molecular complexity index is 418. The van der Waals surface area contributed by atoms with Crippen LogP contribution in [-0.4, -0.2) is 49.2 Å². The highest BCUT2D eigenvalue weighted by Gasteiger charge is 2.24. The van der Waals surface area contributed by atoms with Crippen LogP contribution in [0, 0.1) is 0 Å². The summed E-state index contributed by atoms with van der Waals surface area (Å²) in [7, 11) is 2.15. The van der Waals surface area contributed by atoms with Gasteiger partial charge in [0, 0.05) is 25.2 Å². The van der Waals surface area contributed by atoms with Crippen LogP contribution in [-0.2, 0) is 0 Å². The molecule has 3 rings (SSSR count). The van der Waals surface area contributed by atoms with E-state index >= 15 is 0 Å². The summed E-state index contributed by atoms with van der Waals surface area (Å²) < 4.78 is 5.88. The van der Waals surface area contributed by atoms with Gasteiger partial charge < -0.3 is 9.64 Å². The van der Waals surface area contributed by atoms with Crippen LogP contribution in [0.5, 0.6) is 5.75 Å². The molecule has 3 heterocycles. The van der Waals surface area contributed by atoms with E-state index < -0.39 is 0 Å². The summed E-state index contributed by atoms with van der Waals surface area (Å²) in [5.41, 5.74) is 1.21. The topological polar surface area (TPSA) is 28.6 Å². The monoisotopic (exact) mass is 261 g/mol. The van der Waals surface area contributed by atoms with E-state index in [4.69, 9.17) is 4.74 Å². The van der Waals surface area contributed by atoms with Crippen molar-refractivity contribution in [3.8, 4) is 5.75 Å². The average Bonchev–Trinajstić information content (AvgIpc) is 2.47. The molecule has 1 atom stereocenters. The summed E-state index contributed by atoms with van der Waals surface area (Å²) in [6, 6.07) is 2.72. The van der Waals surface area contributed by atoms with Gasteiger partial charge in [-0.25, -0.2) is 0 Å². The van der Waals surface area contributed by atoms with Crippen molar-refractivity contribution in [2.24, 2.45) is 0 Å². The molecule has 2 fully saturated rings. The van der Waals surface area contributed by atoms with Gasteiger partial charge >= 0.3 is 0 Å². The number of anilines is 1. The second-order valence-corrected chi connectivity index (χ2v) is 5.66. The lowest BCUT2D eigenvalue weighted by Gasteiger charge is -2.37. The minimum atomic E-state index is 0.582. The molecular weight excluding hydrogens is 238 g/mol. The van der Waals surface area contributed by atoms with Gasteiger partial charge in [0.25, 0.3) is 0 Å². The van der Waals surface area contributed by atoms with E-state index in [1.807, 2.05) is 12.4 Å². The summed E-state index contributed by atoms with van der Waals surface area (Å²) in [6.07, 6.45) is 8.96. The van der Waals surface area contributed by atoms with Crippen molar-refractivity contribution in [2.75, 3.05) is 38.2 Å². The van der Waals surface area contributed by atoms with Crippen LogP contribution in [0.3, 0.4) is 0 Å². The summed E-state index contributed by atoms with van der Waals surface area (Å²) in [5, 5.41) is 0. The lowest BCUT2D eigenvalue weighted by Crippen LogP contribution is -2.48. The van der Waals surface area contributed by atoms with E-state index in [1.165, 1.54) is 37.9 Å². The molecule has 0 amide bonds. The highest BCUT2D eigenvalue weighted by molar-refractivity contribution is 5.48. The first-order valence-electron chi connectivity index (χ1n) is 7.36. The number of likely N-dealkylation sites (tertiary alicyclic amines) is 1. The molecule has 2 aliphatic rings. The van der Waals surface area contributed by atoms with Gasteiger partial charge in [-0.3, -0.25) is 9.88 Å². The van der Waals surface area contributed by atoms with Crippen LogP contribution in [0.25, 0.3) is 0 Å². The van der Waals surface area contributed by atoms with Crippen LogP contribution < -0.4 is 9.64 Å². The van der Waals surface area contributed by atoms with Gasteiger partial charge in [0.1, 0.15) is 12.4 Å². The number of likely N-dealkylation sites (N-methyl/N-ethyl adjacent to an activating group) is 1. The molecule has 0 unspecified atom stereocenters. The lowest BCUT2D eigenvalue weighted by atomic mass is 10.1. The largest absolute Gasteiger partial charge is 0.490 e. The Balaban J connectivity index is 1.59. The summed E-state index contributed by atoms with van der Waals surface area (Å²) in [5.74, 6) is 0.906. The molecule has 2 saturated heterocycles. The SMILES string of the molecule is CN1CC[C@H]1COc1cncc(N2CCCCC2)c1. The number of nitrogens with zero attached hydrogens (tertiary/aromatic N) is 3. The van der Waals surface area contributed by atoms with Crippen molar-refractivity contribution in [2.45, 2.75) is 31.7 Å². The molecule has 0 radical (unpaired) electrons. The third kappa shape index (κ3) is 3.00. The van der Waals surface area contributed by atoms with E-state index in [2.05, 4.69) is 27.9 Å². The first-order valence-corrected chi connectivity index (χ1v) is 7.36. The number of hydrogen-bond donors (Lipinski definition) is 0. The zero-order chi connectivity index (χ0) is 13.1. The van der Waals surface area contributed by atoms with Crippen LogP contribution in [0.15, 0.2) is 18.5 Å². The molecule has 0 spiro atoms. The molecule has 4 nitrogen and oxygen atoms in total. The lowest BCUT2D eigenvalue weighted by molar-refractivity contribution is 0.0767. The van der Waals surface area contributed by atoms with Crippen molar-refractivity contribution in [1.82, 2.24) is 9.88 Å². The third-order valence-corrected chi connectivity index (χ3v) is 4.30. The predicted molar refractivity (Wildman–Crippen MR) is 76.8 cm³/mol. The fraction of sp³-hybridized carbons (Fsp3) is 0.667. The maximum atomic E-state index is 5.88. The summed E-state index contributed by atoms with van der Waals surface area (Å²) in [4.78, 5) is 9.07. The number of hydrogen-bond acceptors (Lipinski definition) is 4. The molecule has 19 heavy (non-hydrogen) atoms. The molecule has 104 valence electrons. The number of aromatic nitrogens is 1. The van der Waals surface area contributed by atoms with Crippen LogP contribution in [0.4, 0.5) is 5.69 Å². The molecular formula is C15H23N3O. The normalized spacial score (nSPS) is 24.1. The van der Waals surface area contributed by atoms with Crippen molar-refractivity contribution in [3.05, 3.63) is 18.5 Å². The molecule has 2 aliphatic heterocycles. The smallest absolute Gasteiger partial charge is 0.139 e. The Morgan fingerprint density at radius 2 is 2.05 bits per heavy atom. The number of ether oxygens (including phenoxy) is 1. The van der Waals surface area contributed by atoms with Gasteiger partial charge in [0.2, 0.25) is 0 Å². The van der Waals surface area contributed by atoms with Gasteiger partial charge in [0.15, 0.2) is 0 Å². The molecule has 0 N–H and O–H groups in total. The Hall–Kier alpha value is -1.29. The quantitative estimate of drug-likeness (QED) is 0.830. The van der Waals surface area contributed by atoms with Gasteiger partial charge in [-0.2, -0.15) is 0 Å². The molecule has 4 heteroatoms. The molecule has 0 saturated carbocycles. The molecule has 1 aromatic rings. The van der Waals surface area contributed by atoms with Crippen LogP contribution in [0.2, 0.25) is 0 Å². The number of piperidine rings is 1. The Kier molecular flexibility index (Phi) is 3.87. The number of pyridine rings is 1. The zero-order valence-electron chi connectivity index (χ0n) is 11.7. The predicted octanol–water partition coefficient (Wildman–Crippen LogP) is 2.15. The van der Waals surface area contributed by atoms with Gasteiger partial charge in [-0.15, -0.1) is 0 Å². The Morgan fingerprint density at radius 1 is 1.21 bits per heavy atom. The minimum Gasteiger partial charge on any atom is -0.490 e. The molecule has 0 aromatic carbocycles. The summed E-state index contributed by atoms with van der Waals surface area (Å²) >= 11 is 0. The van der Waals surface area contributed by atoms with Crippen LogP contribution >= 0.6 is 0 Å². The second kappa shape index (κ2) is 5.78. The van der Waals surface area contributed by atoms with Crippen molar-refractivity contribution in [3.63, 3.8) is 0 Å². The van der Waals surface area contributed by atoms with E-state index in [1.54, 1.807) is 0 Å². The van der Waals surface area contributed by atoms with E-state index in [9.17, 15) is 0 Å². The van der Waals surface area contributed by atoms with Gasteiger partial charge in [-0.05, 0) is 39.3 Å². The van der Waals surface area contributed by atoms with Gasteiger partial charge in [0.05, 0.1) is 18.1 Å². The standard InChI is InChI=1S/C15H23N3O/c1-17-8-5-13(17)12-19-15-9-14(10-16-11-15)18-6-3-2-4-7-18/h9-11,13H,2-8,12H2,1H3/t13-/m0/s1. The first-order chi connectivity index (χ1) is 9.33. The van der Waals surface area contributed by atoms with Crippen LogP contribution in [0.1, 0.15) is 25.7 Å². The zero-order valence-corrected chi connectivity index (χ0v) is 11.7. The fourth-order valence-corrected chi connectivity index (χ4v) is 2.78. The van der Waals surface area contributed by atoms with Crippen molar-refractivity contribution in [1.29, 1.82) is 0 Å². The molecule has 0 aliphatic carbocycles. The van der Waals surface area contributed by atoms with E-state index in [0.29, 0.717) is 6.04 Å². The first kappa shape index (κ1) is 12.7. The third-order valence-electron chi connectivity index (χ3n) is 4.30. The molecule has 0 bridgehead atoms. The van der Waals surface area contributed by atoms with Crippen molar-refractivity contribution >= 4 is 5.69 Å². The maximum Gasteiger partial charge on any atom is 0.139 e. The Labute approximate surface area is 115 Å². The van der Waals surface area contributed by atoms with Crippen molar-refractivity contribution < 1.29 is 4.74 Å². The number of rotatable bonds is 4. The second-order valence-electron chi connectivity index (χ2n) is 5.66. The summed E-state index contributed by atoms with van der Waals surface area (Å²) in [6.45, 7) is 4.27. The Morgan fingerprint density at radius 3 is 2.74 bits per heavy atom. The van der Waals surface area contributed by atoms with E-state index in [-0.39, 0.29) is 0 Å². The minimum absolute atomic E-state index is 0.582. The average molecular weight is 261 g/mol. The van der Waals surface area contributed by atoms with E-state index in [0.717, 1.165) is 25.4 Å². The molecule has 1 aromatic heterocycles. The van der Waals surface area contributed by atoms with Gasteiger partial charge in [-0.1, -0.05) is 0 Å². The maximum absolute atomic E-state index is 5.88.